The van der Waals surface area contributed by atoms with Gasteiger partial charge in [0.15, 0.2) is 0 Å². The van der Waals surface area contributed by atoms with Crippen LogP contribution in [0.15, 0.2) is 24.7 Å². The van der Waals surface area contributed by atoms with Crippen LogP contribution in [-0.4, -0.2) is 25.0 Å². The van der Waals surface area contributed by atoms with E-state index in [1.54, 1.807) is 0 Å². The maximum Gasteiger partial charge on any atom is 0.299 e. The summed E-state index contributed by atoms with van der Waals surface area (Å²) < 4.78 is 32.4. The molecule has 0 aromatic heterocycles. The van der Waals surface area contributed by atoms with E-state index in [4.69, 9.17) is 19.6 Å². The first-order valence-corrected chi connectivity index (χ1v) is 11.7. The van der Waals surface area contributed by atoms with Gasteiger partial charge in [0.2, 0.25) is 0 Å². The normalized spacial score (nSPS) is 14.9. The third kappa shape index (κ3) is 11.0. The Morgan fingerprint density at radius 2 is 1.36 bits per heavy atom. The standard InChI is InChI=1S/C20H38O7S/c1-7-11-13-18(9-3)16(5)25-24-15-20(28(21,22)23)27-26-17(6)19(10-4)14-12-8-2/h18-20H,5-15H2,1-4H3,(H,21,22,23). The van der Waals surface area contributed by atoms with Crippen LogP contribution in [0.3, 0.4) is 0 Å². The molecule has 0 saturated heterocycles. The molecule has 0 aliphatic carbocycles. The predicted molar refractivity (Wildman–Crippen MR) is 109 cm³/mol. The van der Waals surface area contributed by atoms with E-state index < -0.39 is 22.2 Å². The molecule has 3 atom stereocenters. The molecule has 0 rings (SSSR count). The summed E-state index contributed by atoms with van der Waals surface area (Å²) >= 11 is 0. The van der Waals surface area contributed by atoms with Crippen LogP contribution in [0.25, 0.3) is 0 Å². The highest BCUT2D eigenvalue weighted by molar-refractivity contribution is 7.86. The minimum atomic E-state index is -4.57. The predicted octanol–water partition coefficient (Wildman–Crippen LogP) is 5.56. The smallest absolute Gasteiger partial charge is 0.299 e. The van der Waals surface area contributed by atoms with E-state index in [1.807, 2.05) is 13.8 Å². The van der Waals surface area contributed by atoms with Gasteiger partial charge in [0.05, 0.1) is 0 Å². The van der Waals surface area contributed by atoms with E-state index in [0.717, 1.165) is 51.4 Å². The molecule has 3 unspecified atom stereocenters. The lowest BCUT2D eigenvalue weighted by molar-refractivity contribution is -0.328. The van der Waals surface area contributed by atoms with Crippen molar-refractivity contribution in [2.24, 2.45) is 11.8 Å². The minimum absolute atomic E-state index is 0.0443. The number of allylic oxidation sites excluding steroid dienone is 2. The summed E-state index contributed by atoms with van der Waals surface area (Å²) in [6.45, 7) is 15.2. The Balaban J connectivity index is 4.61. The second-order valence-corrected chi connectivity index (χ2v) is 8.48. The second kappa shape index (κ2) is 14.8. The lowest BCUT2D eigenvalue weighted by Crippen LogP contribution is -2.30. The van der Waals surface area contributed by atoms with Gasteiger partial charge in [-0.25, -0.2) is 0 Å². The molecule has 166 valence electrons. The maximum atomic E-state index is 11.5. The summed E-state index contributed by atoms with van der Waals surface area (Å²) in [6, 6.07) is 0. The summed E-state index contributed by atoms with van der Waals surface area (Å²) in [5.41, 5.74) is -1.75. The summed E-state index contributed by atoms with van der Waals surface area (Å²) in [4.78, 5) is 20.0. The van der Waals surface area contributed by atoms with Gasteiger partial charge in [-0.05, 0) is 25.7 Å². The van der Waals surface area contributed by atoms with E-state index >= 15 is 0 Å². The van der Waals surface area contributed by atoms with Crippen molar-refractivity contribution in [3.8, 4) is 0 Å². The highest BCUT2D eigenvalue weighted by Gasteiger charge is 2.29. The Labute approximate surface area is 170 Å². The van der Waals surface area contributed by atoms with Crippen molar-refractivity contribution in [2.75, 3.05) is 6.61 Å². The largest absolute Gasteiger partial charge is 0.342 e. The Kier molecular flexibility index (Phi) is 14.3. The highest BCUT2D eigenvalue weighted by atomic mass is 32.2. The average Bonchev–Trinajstić information content (AvgIpc) is 2.64. The fourth-order valence-corrected chi connectivity index (χ4v) is 3.03. The molecule has 0 aliphatic rings. The topological polar surface area (TPSA) is 91.3 Å². The average molecular weight is 423 g/mol. The van der Waals surface area contributed by atoms with E-state index in [0.29, 0.717) is 11.5 Å². The summed E-state index contributed by atoms with van der Waals surface area (Å²) in [5.74, 6) is 0.897. The number of rotatable bonds is 18. The van der Waals surface area contributed by atoms with Crippen LogP contribution in [-0.2, 0) is 29.7 Å². The zero-order valence-corrected chi connectivity index (χ0v) is 18.6. The summed E-state index contributed by atoms with van der Waals surface area (Å²) in [5, 5.41) is 0. The Bertz CT molecular complexity index is 545. The molecule has 0 radical (unpaired) electrons. The molecule has 8 heteroatoms. The molecule has 28 heavy (non-hydrogen) atoms. The Morgan fingerprint density at radius 3 is 1.75 bits per heavy atom. The van der Waals surface area contributed by atoms with Crippen molar-refractivity contribution < 1.29 is 32.5 Å². The molecular weight excluding hydrogens is 384 g/mol. The fourth-order valence-electron chi connectivity index (χ4n) is 2.67. The van der Waals surface area contributed by atoms with Crippen molar-refractivity contribution in [2.45, 2.75) is 84.5 Å². The van der Waals surface area contributed by atoms with Gasteiger partial charge in [0, 0.05) is 11.8 Å². The van der Waals surface area contributed by atoms with Crippen molar-refractivity contribution >= 4 is 10.1 Å². The molecule has 1 N–H and O–H groups in total. The second-order valence-electron chi connectivity index (χ2n) is 6.92. The van der Waals surface area contributed by atoms with Crippen molar-refractivity contribution in [1.82, 2.24) is 0 Å². The van der Waals surface area contributed by atoms with Crippen molar-refractivity contribution in [3.05, 3.63) is 24.7 Å². The van der Waals surface area contributed by atoms with Crippen LogP contribution in [0, 0.1) is 11.8 Å². The molecule has 0 saturated carbocycles. The monoisotopic (exact) mass is 422 g/mol. The molecular formula is C20H38O7S. The molecule has 7 nitrogen and oxygen atoms in total. The Hall–Kier alpha value is -1.09. The number of unbranched alkanes of at least 4 members (excludes halogenated alkanes) is 2. The lowest BCUT2D eigenvalue weighted by atomic mass is 9.98. The van der Waals surface area contributed by atoms with Gasteiger partial charge in [-0.3, -0.25) is 4.55 Å². The zero-order chi connectivity index (χ0) is 21.6. The fraction of sp³-hybridized carbons (Fsp3) is 0.800. The molecule has 0 spiro atoms. The van der Waals surface area contributed by atoms with E-state index in [2.05, 4.69) is 27.0 Å². The molecule has 0 aromatic carbocycles. The van der Waals surface area contributed by atoms with Crippen LogP contribution in [0.5, 0.6) is 0 Å². The molecule has 0 amide bonds. The first-order chi connectivity index (χ1) is 13.2. The SMILES string of the molecule is C=C(OOCC(OOC(=C)C(CC)CCCC)S(=O)(=O)O)C(CC)CCCC. The minimum Gasteiger partial charge on any atom is -0.342 e. The van der Waals surface area contributed by atoms with Crippen LogP contribution in [0.4, 0.5) is 0 Å². The summed E-state index contributed by atoms with van der Waals surface area (Å²) in [7, 11) is -4.57. The third-order valence-corrected chi connectivity index (χ3v) is 5.55. The molecule has 0 aromatic rings. The third-order valence-electron chi connectivity index (χ3n) is 4.67. The van der Waals surface area contributed by atoms with Gasteiger partial charge in [-0.15, -0.1) is 0 Å². The lowest BCUT2D eigenvalue weighted by Gasteiger charge is -2.20. The van der Waals surface area contributed by atoms with Crippen LogP contribution in [0.1, 0.15) is 79.1 Å². The summed E-state index contributed by atoms with van der Waals surface area (Å²) in [6.07, 6.45) is 7.51. The molecule has 0 heterocycles. The quantitative estimate of drug-likeness (QED) is 0.134. The van der Waals surface area contributed by atoms with Gasteiger partial charge >= 0.3 is 0 Å². The maximum absolute atomic E-state index is 11.5. The van der Waals surface area contributed by atoms with Crippen LogP contribution >= 0.6 is 0 Å². The van der Waals surface area contributed by atoms with Gasteiger partial charge < -0.3 is 9.78 Å². The van der Waals surface area contributed by atoms with Crippen LogP contribution in [0.2, 0.25) is 0 Å². The highest BCUT2D eigenvalue weighted by Crippen LogP contribution is 2.23. The van der Waals surface area contributed by atoms with E-state index in [9.17, 15) is 13.0 Å². The van der Waals surface area contributed by atoms with E-state index in [1.165, 1.54) is 0 Å². The first kappa shape index (κ1) is 26.9. The van der Waals surface area contributed by atoms with Gasteiger partial charge in [-0.2, -0.15) is 18.2 Å². The Morgan fingerprint density at radius 1 is 0.893 bits per heavy atom. The van der Waals surface area contributed by atoms with Crippen LogP contribution < -0.4 is 0 Å². The number of hydrogen-bond acceptors (Lipinski definition) is 6. The van der Waals surface area contributed by atoms with Crippen molar-refractivity contribution in [1.29, 1.82) is 0 Å². The first-order valence-electron chi connectivity index (χ1n) is 10.2. The molecule has 0 fully saturated rings. The number of hydrogen-bond donors (Lipinski definition) is 1. The van der Waals surface area contributed by atoms with Gasteiger partial charge in [0.1, 0.15) is 18.1 Å². The van der Waals surface area contributed by atoms with Gasteiger partial charge in [-0.1, -0.05) is 66.5 Å². The zero-order valence-electron chi connectivity index (χ0n) is 17.8. The van der Waals surface area contributed by atoms with Crippen molar-refractivity contribution in [3.63, 3.8) is 0 Å². The van der Waals surface area contributed by atoms with Gasteiger partial charge in [0.25, 0.3) is 15.6 Å². The molecule has 0 bridgehead atoms. The van der Waals surface area contributed by atoms with E-state index in [-0.39, 0.29) is 11.8 Å². The molecule has 0 aliphatic heterocycles.